The smallest absolute Gasteiger partial charge is 0.332 e. The van der Waals surface area contributed by atoms with Crippen molar-refractivity contribution in [3.8, 4) is 11.1 Å². The van der Waals surface area contributed by atoms with Gasteiger partial charge in [-0.25, -0.2) is 9.78 Å². The van der Waals surface area contributed by atoms with E-state index in [0.29, 0.717) is 27.2 Å². The summed E-state index contributed by atoms with van der Waals surface area (Å²) < 4.78 is 3.18. The van der Waals surface area contributed by atoms with Gasteiger partial charge >= 0.3 is 5.69 Å². The van der Waals surface area contributed by atoms with Crippen molar-refractivity contribution in [1.29, 1.82) is 0 Å². The normalized spacial score (nSPS) is 11.2. The van der Waals surface area contributed by atoms with E-state index in [2.05, 4.69) is 4.98 Å². The third kappa shape index (κ3) is 3.91. The van der Waals surface area contributed by atoms with Crippen LogP contribution in [0.2, 0.25) is 5.02 Å². The Hall–Kier alpha value is -3.50. The highest BCUT2D eigenvalue weighted by molar-refractivity contribution is 7.17. The molecule has 0 aliphatic heterocycles. The third-order valence-corrected chi connectivity index (χ3v) is 6.48. The van der Waals surface area contributed by atoms with Crippen molar-refractivity contribution in [2.45, 2.75) is 26.4 Å². The zero-order valence-corrected chi connectivity index (χ0v) is 19.4. The van der Waals surface area contributed by atoms with Crippen LogP contribution in [0.5, 0.6) is 0 Å². The molecular weight excluding hydrogens is 466 g/mol. The number of hydrogen-bond acceptors (Lipinski definition) is 7. The fourth-order valence-electron chi connectivity index (χ4n) is 3.64. The van der Waals surface area contributed by atoms with Crippen LogP contribution < -0.4 is 22.5 Å². The maximum Gasteiger partial charge on any atom is 0.332 e. The number of fused-ring (bicyclic) bond motifs is 1. The number of hydrogen-bond donors (Lipinski definition) is 1. The first-order chi connectivity index (χ1) is 15.7. The lowest BCUT2D eigenvalue weighted by atomic mass is 10.1. The van der Waals surface area contributed by atoms with E-state index in [-0.39, 0.29) is 17.9 Å². The minimum Gasteiger partial charge on any atom is -0.384 e. The van der Waals surface area contributed by atoms with Crippen LogP contribution in [-0.2, 0) is 20.1 Å². The van der Waals surface area contributed by atoms with Crippen molar-refractivity contribution in [3.63, 3.8) is 0 Å². The lowest BCUT2D eigenvalue weighted by Gasteiger charge is -2.14. The molecule has 2 N–H and O–H groups in total. The zero-order chi connectivity index (χ0) is 23.9. The molecule has 4 aromatic rings. The Balaban J connectivity index is 1.80. The summed E-state index contributed by atoms with van der Waals surface area (Å²) in [5.74, 6) is -0.876. The summed E-state index contributed by atoms with van der Waals surface area (Å²) in [6.45, 7) is 1.66. The van der Waals surface area contributed by atoms with E-state index >= 15 is 0 Å². The van der Waals surface area contributed by atoms with E-state index in [0.717, 1.165) is 14.7 Å². The van der Waals surface area contributed by atoms with E-state index < -0.39 is 29.1 Å². The monoisotopic (exact) mass is 485 g/mol. The van der Waals surface area contributed by atoms with Gasteiger partial charge in [-0.2, -0.15) is 0 Å². The Labute approximate surface area is 196 Å². The minimum atomic E-state index is -0.797. The van der Waals surface area contributed by atoms with E-state index in [9.17, 15) is 19.2 Å². The molecule has 0 aliphatic rings. The number of aromatic nitrogens is 4. The second-order valence-electron chi connectivity index (χ2n) is 7.50. The van der Waals surface area contributed by atoms with Crippen molar-refractivity contribution < 1.29 is 4.79 Å². The number of carbonyl (C=O) groups excluding carboxylic acids is 1. The Kier molecular flexibility index (Phi) is 6.05. The van der Waals surface area contributed by atoms with Gasteiger partial charge in [0, 0.05) is 29.6 Å². The molecule has 0 spiro atoms. The summed E-state index contributed by atoms with van der Waals surface area (Å²) in [7, 11) is 1.29. The van der Waals surface area contributed by atoms with Gasteiger partial charge in [0.2, 0.25) is 0 Å². The van der Waals surface area contributed by atoms with Gasteiger partial charge in [0.25, 0.3) is 11.1 Å². The van der Waals surface area contributed by atoms with Crippen LogP contribution in [0, 0.1) is 0 Å². The summed E-state index contributed by atoms with van der Waals surface area (Å²) in [6.07, 6.45) is 1.86. The van der Waals surface area contributed by atoms with Crippen LogP contribution in [0.3, 0.4) is 0 Å². The molecule has 3 aromatic heterocycles. The molecule has 0 amide bonds. The minimum absolute atomic E-state index is 0.200. The van der Waals surface area contributed by atoms with Crippen molar-refractivity contribution in [2.75, 3.05) is 5.73 Å². The number of Topliss-reactive ketones (excluding diaryl/α,β-unsaturated/α-hetero) is 1. The van der Waals surface area contributed by atoms with Gasteiger partial charge in [-0.05, 0) is 24.1 Å². The molecule has 0 saturated carbocycles. The predicted molar refractivity (Wildman–Crippen MR) is 129 cm³/mol. The summed E-state index contributed by atoms with van der Waals surface area (Å²) >= 11 is 7.28. The molecule has 0 saturated heterocycles. The van der Waals surface area contributed by atoms with Gasteiger partial charge in [0.05, 0.1) is 18.3 Å². The summed E-state index contributed by atoms with van der Waals surface area (Å²) in [5.41, 5.74) is 5.37. The molecule has 0 aliphatic carbocycles. The molecule has 170 valence electrons. The number of nitrogens with zero attached hydrogens (tertiary/aromatic N) is 4. The average molecular weight is 486 g/mol. The fraction of sp³-hybridized carbons (Fsp3) is 0.227. The molecule has 0 fully saturated rings. The van der Waals surface area contributed by atoms with Crippen LogP contribution in [0.25, 0.3) is 21.3 Å². The molecule has 11 heteroatoms. The van der Waals surface area contributed by atoms with Crippen LogP contribution in [-0.4, -0.2) is 24.5 Å². The number of anilines is 1. The number of rotatable bonds is 6. The highest BCUT2D eigenvalue weighted by Crippen LogP contribution is 2.31. The number of halogens is 1. The molecule has 0 unspecified atom stereocenters. The van der Waals surface area contributed by atoms with Gasteiger partial charge in [0.1, 0.15) is 16.2 Å². The summed E-state index contributed by atoms with van der Waals surface area (Å²) in [5, 5.41) is 2.76. The Morgan fingerprint density at radius 2 is 1.85 bits per heavy atom. The lowest BCUT2D eigenvalue weighted by molar-refractivity contribution is 0.0968. The van der Waals surface area contributed by atoms with E-state index in [1.165, 1.54) is 29.3 Å². The highest BCUT2D eigenvalue weighted by Gasteiger charge is 2.23. The average Bonchev–Trinajstić information content (AvgIpc) is 3.23. The van der Waals surface area contributed by atoms with E-state index in [1.54, 1.807) is 24.3 Å². The van der Waals surface area contributed by atoms with Crippen molar-refractivity contribution >= 4 is 44.8 Å². The highest BCUT2D eigenvalue weighted by atomic mass is 35.5. The molecule has 0 bridgehead atoms. The fourth-order valence-corrected chi connectivity index (χ4v) is 4.67. The van der Waals surface area contributed by atoms with E-state index in [4.69, 9.17) is 17.3 Å². The molecule has 9 nitrogen and oxygen atoms in total. The van der Waals surface area contributed by atoms with Crippen LogP contribution in [0.4, 0.5) is 5.82 Å². The molecular formula is C22H20ClN5O4S. The third-order valence-electron chi connectivity index (χ3n) is 5.34. The zero-order valence-electron chi connectivity index (χ0n) is 17.9. The summed E-state index contributed by atoms with van der Waals surface area (Å²) in [4.78, 5) is 56.2. The SMILES string of the molecule is CCCn1c(N)c(C(=O)Cn2cnc3scc(-c4ccc(Cl)cc4)c3c2=O)c(=O)n(C)c1=O. The van der Waals surface area contributed by atoms with Crippen LogP contribution >= 0.6 is 22.9 Å². The lowest BCUT2D eigenvalue weighted by Crippen LogP contribution is -2.43. The number of nitrogen functional groups attached to an aromatic ring is 1. The van der Waals surface area contributed by atoms with Gasteiger partial charge in [-0.15, -0.1) is 11.3 Å². The Morgan fingerprint density at radius 3 is 2.52 bits per heavy atom. The first kappa shape index (κ1) is 22.7. The molecule has 4 rings (SSSR count). The molecule has 3 heterocycles. The number of ketones is 1. The summed E-state index contributed by atoms with van der Waals surface area (Å²) in [6, 6.07) is 7.05. The molecule has 1 aromatic carbocycles. The number of carbonyl (C=O) groups is 1. The second kappa shape index (κ2) is 8.80. The Bertz CT molecular complexity index is 1560. The first-order valence-corrected chi connectivity index (χ1v) is 11.4. The van der Waals surface area contributed by atoms with Gasteiger partial charge < -0.3 is 5.73 Å². The quantitative estimate of drug-likeness (QED) is 0.419. The standard InChI is InChI=1S/C22H20ClN5O4S/c1-3-8-28-18(24)17(20(30)26(2)22(28)32)15(29)9-27-11-25-19-16(21(27)31)14(10-33-19)12-4-6-13(23)7-5-12/h4-7,10-11H,3,8-9,24H2,1-2H3. The first-order valence-electron chi connectivity index (χ1n) is 10.1. The second-order valence-corrected chi connectivity index (χ2v) is 8.79. The van der Waals surface area contributed by atoms with Gasteiger partial charge in [-0.3, -0.25) is 28.1 Å². The van der Waals surface area contributed by atoms with Crippen molar-refractivity contribution in [2.24, 2.45) is 7.05 Å². The van der Waals surface area contributed by atoms with Gasteiger partial charge in [-0.1, -0.05) is 30.7 Å². The molecule has 33 heavy (non-hydrogen) atoms. The number of benzene rings is 1. The number of nitrogens with two attached hydrogens (primary N) is 1. The maximum atomic E-state index is 13.3. The predicted octanol–water partition coefficient (Wildman–Crippen LogP) is 2.51. The van der Waals surface area contributed by atoms with Crippen LogP contribution in [0.1, 0.15) is 23.7 Å². The number of thiophene rings is 1. The molecule has 0 atom stereocenters. The van der Waals surface area contributed by atoms with Crippen molar-refractivity contribution in [1.82, 2.24) is 18.7 Å². The topological polar surface area (TPSA) is 122 Å². The van der Waals surface area contributed by atoms with Crippen LogP contribution in [0.15, 0.2) is 50.4 Å². The van der Waals surface area contributed by atoms with Crippen molar-refractivity contribution in [3.05, 3.63) is 77.8 Å². The van der Waals surface area contributed by atoms with Gasteiger partial charge in [0.15, 0.2) is 5.78 Å². The molecule has 0 radical (unpaired) electrons. The maximum absolute atomic E-state index is 13.3. The van der Waals surface area contributed by atoms with E-state index in [1.807, 2.05) is 12.3 Å². The Morgan fingerprint density at radius 1 is 1.15 bits per heavy atom. The largest absolute Gasteiger partial charge is 0.384 e.